The largest absolute Gasteiger partial charge is 0.476 e. The minimum atomic E-state index is -1.04. The summed E-state index contributed by atoms with van der Waals surface area (Å²) in [6.07, 6.45) is 1.42. The van der Waals surface area contributed by atoms with Gasteiger partial charge in [0.15, 0.2) is 11.3 Å². The predicted octanol–water partition coefficient (Wildman–Crippen LogP) is 1.27. The summed E-state index contributed by atoms with van der Waals surface area (Å²) in [6.45, 7) is 5.81. The van der Waals surface area contributed by atoms with E-state index in [-0.39, 0.29) is 5.69 Å². The van der Waals surface area contributed by atoms with E-state index in [9.17, 15) is 4.79 Å². The Bertz CT molecular complexity index is 545. The van der Waals surface area contributed by atoms with Crippen molar-refractivity contribution in [3.05, 3.63) is 24.0 Å². The summed E-state index contributed by atoms with van der Waals surface area (Å²) in [6, 6.07) is 3.62. The van der Waals surface area contributed by atoms with E-state index in [4.69, 9.17) is 5.11 Å². The molecule has 2 rings (SSSR count). The molecule has 2 aromatic heterocycles. The Morgan fingerprint density at radius 1 is 1.41 bits per heavy atom. The van der Waals surface area contributed by atoms with Gasteiger partial charge in [-0.25, -0.2) is 14.3 Å². The highest BCUT2D eigenvalue weighted by Crippen LogP contribution is 2.12. The van der Waals surface area contributed by atoms with Crippen LogP contribution in [0.5, 0.6) is 0 Å². The lowest BCUT2D eigenvalue weighted by atomic mass is 10.4. The Labute approximate surface area is 98.5 Å². The van der Waals surface area contributed by atoms with E-state index < -0.39 is 5.97 Å². The lowest BCUT2D eigenvalue weighted by Gasteiger charge is -2.19. The fraction of sp³-hybridized carbons (Fsp3) is 0.364. The van der Waals surface area contributed by atoms with Gasteiger partial charge in [0.05, 0.1) is 6.20 Å². The maximum atomic E-state index is 10.8. The zero-order valence-electron chi connectivity index (χ0n) is 9.79. The van der Waals surface area contributed by atoms with Gasteiger partial charge in [-0.3, -0.25) is 0 Å². The summed E-state index contributed by atoms with van der Waals surface area (Å²) >= 11 is 0. The molecule has 2 aromatic rings. The third-order valence-corrected chi connectivity index (χ3v) is 2.61. The highest BCUT2D eigenvalue weighted by atomic mass is 16.4. The second-order valence-corrected chi connectivity index (χ2v) is 3.60. The van der Waals surface area contributed by atoms with Crippen LogP contribution in [0.3, 0.4) is 0 Å². The molecule has 0 radical (unpaired) electrons. The number of anilines is 1. The summed E-state index contributed by atoms with van der Waals surface area (Å²) in [7, 11) is 0. The van der Waals surface area contributed by atoms with Crippen LogP contribution in [-0.4, -0.2) is 38.8 Å². The zero-order valence-corrected chi connectivity index (χ0v) is 9.79. The molecular formula is C11H14N4O2. The standard InChI is InChI=1S/C11H14N4O2/c1-3-14(4-2)10-6-5-9-12-8(11(16)17)7-15(9)13-10/h5-7H,3-4H2,1-2H3,(H,16,17). The van der Waals surface area contributed by atoms with Crippen LogP contribution < -0.4 is 4.90 Å². The number of aromatic carboxylic acids is 1. The van der Waals surface area contributed by atoms with Gasteiger partial charge in [0, 0.05) is 13.1 Å². The Morgan fingerprint density at radius 2 is 2.12 bits per heavy atom. The molecule has 0 aromatic carbocycles. The molecule has 17 heavy (non-hydrogen) atoms. The highest BCUT2D eigenvalue weighted by Gasteiger charge is 2.10. The molecule has 2 heterocycles. The number of hydrogen-bond acceptors (Lipinski definition) is 4. The number of imidazole rings is 1. The van der Waals surface area contributed by atoms with Crippen LogP contribution >= 0.6 is 0 Å². The van der Waals surface area contributed by atoms with E-state index in [2.05, 4.69) is 15.0 Å². The van der Waals surface area contributed by atoms with Gasteiger partial charge in [0.25, 0.3) is 0 Å². The van der Waals surface area contributed by atoms with E-state index >= 15 is 0 Å². The fourth-order valence-corrected chi connectivity index (χ4v) is 1.69. The predicted molar refractivity (Wildman–Crippen MR) is 63.5 cm³/mol. The molecule has 6 heteroatoms. The maximum Gasteiger partial charge on any atom is 0.356 e. The average Bonchev–Trinajstić information content (AvgIpc) is 2.74. The molecule has 0 aliphatic rings. The number of rotatable bonds is 4. The Kier molecular flexibility index (Phi) is 2.95. The SMILES string of the molecule is CCN(CC)c1ccc2nc(C(=O)O)cn2n1. The molecular weight excluding hydrogens is 220 g/mol. The summed E-state index contributed by atoms with van der Waals surface area (Å²) < 4.78 is 1.50. The van der Waals surface area contributed by atoms with Crippen LogP contribution in [-0.2, 0) is 0 Å². The fourth-order valence-electron chi connectivity index (χ4n) is 1.69. The van der Waals surface area contributed by atoms with E-state index in [0.717, 1.165) is 18.9 Å². The van der Waals surface area contributed by atoms with Crippen molar-refractivity contribution in [3.63, 3.8) is 0 Å². The summed E-state index contributed by atoms with van der Waals surface area (Å²) in [5.74, 6) is -0.225. The third kappa shape index (κ3) is 2.06. The van der Waals surface area contributed by atoms with Crippen LogP contribution in [0, 0.1) is 0 Å². The monoisotopic (exact) mass is 234 g/mol. The van der Waals surface area contributed by atoms with Crippen LogP contribution in [0.25, 0.3) is 5.65 Å². The normalized spacial score (nSPS) is 10.7. The Balaban J connectivity index is 2.46. The first-order valence-electron chi connectivity index (χ1n) is 5.50. The highest BCUT2D eigenvalue weighted by molar-refractivity contribution is 5.86. The topological polar surface area (TPSA) is 70.7 Å². The number of hydrogen-bond donors (Lipinski definition) is 1. The van der Waals surface area contributed by atoms with E-state index in [1.165, 1.54) is 10.7 Å². The molecule has 0 saturated carbocycles. The second-order valence-electron chi connectivity index (χ2n) is 3.60. The Hall–Kier alpha value is -2.11. The minimum Gasteiger partial charge on any atom is -0.476 e. The first-order valence-corrected chi connectivity index (χ1v) is 5.50. The second kappa shape index (κ2) is 4.40. The van der Waals surface area contributed by atoms with Gasteiger partial charge in [0.1, 0.15) is 5.82 Å². The summed E-state index contributed by atoms with van der Waals surface area (Å²) in [4.78, 5) is 16.8. The van der Waals surface area contributed by atoms with Crippen molar-refractivity contribution in [2.45, 2.75) is 13.8 Å². The van der Waals surface area contributed by atoms with Crippen molar-refractivity contribution in [1.82, 2.24) is 14.6 Å². The number of nitrogens with zero attached hydrogens (tertiary/aromatic N) is 4. The number of aromatic nitrogens is 3. The van der Waals surface area contributed by atoms with Crippen molar-refractivity contribution in [2.24, 2.45) is 0 Å². The van der Waals surface area contributed by atoms with Crippen molar-refractivity contribution >= 4 is 17.4 Å². The first kappa shape index (κ1) is 11.4. The molecule has 90 valence electrons. The summed E-state index contributed by atoms with van der Waals surface area (Å²) in [5, 5.41) is 13.2. The first-order chi connectivity index (χ1) is 8.15. The van der Waals surface area contributed by atoms with Crippen molar-refractivity contribution in [1.29, 1.82) is 0 Å². The van der Waals surface area contributed by atoms with Gasteiger partial charge in [-0.15, -0.1) is 5.10 Å². The lowest BCUT2D eigenvalue weighted by molar-refractivity contribution is 0.0691. The Morgan fingerprint density at radius 3 is 2.71 bits per heavy atom. The van der Waals surface area contributed by atoms with Gasteiger partial charge in [0.2, 0.25) is 0 Å². The van der Waals surface area contributed by atoms with Gasteiger partial charge in [-0.1, -0.05) is 0 Å². The van der Waals surface area contributed by atoms with Crippen LogP contribution in [0.2, 0.25) is 0 Å². The number of carbonyl (C=O) groups is 1. The molecule has 0 aliphatic heterocycles. The zero-order chi connectivity index (χ0) is 12.4. The smallest absolute Gasteiger partial charge is 0.356 e. The molecule has 1 N–H and O–H groups in total. The van der Waals surface area contributed by atoms with Crippen LogP contribution in [0.4, 0.5) is 5.82 Å². The van der Waals surface area contributed by atoms with Crippen molar-refractivity contribution in [2.75, 3.05) is 18.0 Å². The number of carboxylic acids is 1. The third-order valence-electron chi connectivity index (χ3n) is 2.61. The molecule has 0 spiro atoms. The van der Waals surface area contributed by atoms with Crippen molar-refractivity contribution < 1.29 is 9.90 Å². The number of carboxylic acid groups (broad SMARTS) is 1. The van der Waals surface area contributed by atoms with Gasteiger partial charge < -0.3 is 10.0 Å². The quantitative estimate of drug-likeness (QED) is 0.862. The molecule has 0 saturated heterocycles. The van der Waals surface area contributed by atoms with Crippen LogP contribution in [0.1, 0.15) is 24.3 Å². The molecule has 0 unspecified atom stereocenters. The molecule has 0 atom stereocenters. The van der Waals surface area contributed by atoms with Crippen LogP contribution in [0.15, 0.2) is 18.3 Å². The van der Waals surface area contributed by atoms with E-state index in [0.29, 0.717) is 5.65 Å². The minimum absolute atomic E-state index is 0.00852. The average molecular weight is 234 g/mol. The lowest BCUT2D eigenvalue weighted by Crippen LogP contribution is -2.23. The van der Waals surface area contributed by atoms with E-state index in [1.807, 2.05) is 19.9 Å². The number of fused-ring (bicyclic) bond motifs is 1. The molecule has 0 amide bonds. The van der Waals surface area contributed by atoms with Crippen molar-refractivity contribution in [3.8, 4) is 0 Å². The summed E-state index contributed by atoms with van der Waals surface area (Å²) in [5.41, 5.74) is 0.549. The molecule has 0 fully saturated rings. The molecule has 0 bridgehead atoms. The molecule has 6 nitrogen and oxygen atoms in total. The van der Waals surface area contributed by atoms with Gasteiger partial charge >= 0.3 is 5.97 Å². The van der Waals surface area contributed by atoms with Gasteiger partial charge in [-0.05, 0) is 26.0 Å². The van der Waals surface area contributed by atoms with Gasteiger partial charge in [-0.2, -0.15) is 0 Å². The van der Waals surface area contributed by atoms with E-state index in [1.54, 1.807) is 6.07 Å². The maximum absolute atomic E-state index is 10.8. The molecule has 0 aliphatic carbocycles.